The summed E-state index contributed by atoms with van der Waals surface area (Å²) in [6.45, 7) is 6.05. The van der Waals surface area contributed by atoms with Gasteiger partial charge in [-0.25, -0.2) is 13.1 Å². The number of carbonyl (C=O) groups excluding carboxylic acids is 1. The zero-order chi connectivity index (χ0) is 13.8. The Balaban J connectivity index is 2.35. The highest BCUT2D eigenvalue weighted by Gasteiger charge is 2.68. The Morgan fingerprint density at radius 3 is 2.50 bits per heavy atom. The van der Waals surface area contributed by atoms with Crippen molar-refractivity contribution in [1.29, 1.82) is 0 Å². The monoisotopic (exact) mass is 337 g/mol. The number of sulfonamides is 1. The lowest BCUT2D eigenvalue weighted by molar-refractivity contribution is -0.127. The highest BCUT2D eigenvalue weighted by atomic mass is 79.9. The van der Waals surface area contributed by atoms with Gasteiger partial charge in [-0.2, -0.15) is 0 Å². The minimum atomic E-state index is -3.31. The van der Waals surface area contributed by atoms with E-state index in [1.54, 1.807) is 6.92 Å². The molecule has 0 aromatic heterocycles. The Bertz CT molecular complexity index is 478. The van der Waals surface area contributed by atoms with Crippen molar-refractivity contribution in [3.8, 4) is 0 Å². The van der Waals surface area contributed by atoms with E-state index in [2.05, 4.69) is 20.7 Å². The zero-order valence-electron chi connectivity index (χ0n) is 11.0. The molecule has 6 heteroatoms. The van der Waals surface area contributed by atoms with Crippen molar-refractivity contribution in [1.82, 2.24) is 4.72 Å². The van der Waals surface area contributed by atoms with Crippen LogP contribution in [0.25, 0.3) is 0 Å². The lowest BCUT2D eigenvalue weighted by Gasteiger charge is -2.36. The lowest BCUT2D eigenvalue weighted by atomic mass is 9.70. The van der Waals surface area contributed by atoms with Crippen LogP contribution in [0, 0.1) is 16.7 Å². The normalized spacial score (nSPS) is 43.7. The average Bonchev–Trinajstić information content (AvgIpc) is 2.54. The van der Waals surface area contributed by atoms with Crippen LogP contribution in [0.5, 0.6) is 0 Å². The van der Waals surface area contributed by atoms with Crippen LogP contribution in [0.15, 0.2) is 0 Å². The van der Waals surface area contributed by atoms with Gasteiger partial charge in [0.1, 0.15) is 0 Å². The van der Waals surface area contributed by atoms with E-state index in [0.29, 0.717) is 6.54 Å². The first-order chi connectivity index (χ1) is 8.18. The Morgan fingerprint density at radius 2 is 2.06 bits per heavy atom. The molecule has 0 heterocycles. The van der Waals surface area contributed by atoms with Crippen LogP contribution in [-0.4, -0.2) is 31.3 Å². The number of fused-ring (bicyclic) bond motifs is 2. The fourth-order valence-corrected chi connectivity index (χ4v) is 6.97. The molecule has 0 amide bonds. The Morgan fingerprint density at radius 1 is 1.44 bits per heavy atom. The van der Waals surface area contributed by atoms with Gasteiger partial charge in [0.15, 0.2) is 5.78 Å². The minimum Gasteiger partial charge on any atom is -0.298 e. The van der Waals surface area contributed by atoms with Crippen LogP contribution in [0.1, 0.15) is 33.6 Å². The Kier molecular flexibility index (Phi) is 3.44. The molecule has 2 bridgehead atoms. The molecule has 0 aromatic rings. The van der Waals surface area contributed by atoms with Crippen LogP contribution >= 0.6 is 15.9 Å². The summed E-state index contributed by atoms with van der Waals surface area (Å²) in [7, 11) is -3.31. The molecule has 0 aliphatic heterocycles. The van der Waals surface area contributed by atoms with Crippen molar-refractivity contribution in [3.05, 3.63) is 0 Å². The molecule has 2 saturated carbocycles. The average molecular weight is 338 g/mol. The lowest BCUT2D eigenvalue weighted by Crippen LogP contribution is -2.43. The molecule has 0 aromatic carbocycles. The maximum atomic E-state index is 12.3. The third-order valence-corrected chi connectivity index (χ3v) is 7.80. The highest BCUT2D eigenvalue weighted by molar-refractivity contribution is 9.10. The van der Waals surface area contributed by atoms with E-state index in [9.17, 15) is 13.2 Å². The second kappa shape index (κ2) is 4.28. The SMILES string of the molecule is CCNS(=O)(=O)C[C@@]1(C)[C@@H]2CC[C@]1(C)C(=O)[C@@H]2Br. The second-order valence-electron chi connectivity index (χ2n) is 5.92. The largest absolute Gasteiger partial charge is 0.298 e. The molecule has 0 saturated heterocycles. The summed E-state index contributed by atoms with van der Waals surface area (Å²) in [4.78, 5) is 12.1. The molecule has 0 spiro atoms. The third kappa shape index (κ3) is 1.79. The fourth-order valence-electron chi connectivity index (χ4n) is 3.75. The van der Waals surface area contributed by atoms with Gasteiger partial charge in [0.2, 0.25) is 10.0 Å². The fraction of sp³-hybridized carbons (Fsp3) is 0.917. The van der Waals surface area contributed by atoms with E-state index in [1.165, 1.54) is 0 Å². The maximum Gasteiger partial charge on any atom is 0.212 e. The molecule has 2 fully saturated rings. The summed E-state index contributed by atoms with van der Waals surface area (Å²) in [5.74, 6) is 0.347. The molecule has 4 nitrogen and oxygen atoms in total. The second-order valence-corrected chi connectivity index (χ2v) is 8.71. The summed E-state index contributed by atoms with van der Waals surface area (Å²) in [6, 6.07) is 0. The topological polar surface area (TPSA) is 63.2 Å². The molecule has 104 valence electrons. The van der Waals surface area contributed by atoms with E-state index in [0.717, 1.165) is 12.8 Å². The van der Waals surface area contributed by atoms with Gasteiger partial charge in [0.05, 0.1) is 10.6 Å². The van der Waals surface area contributed by atoms with E-state index in [1.807, 2.05) is 13.8 Å². The molecule has 0 radical (unpaired) electrons. The molecule has 18 heavy (non-hydrogen) atoms. The van der Waals surface area contributed by atoms with Gasteiger partial charge in [-0.15, -0.1) is 0 Å². The third-order valence-electron chi connectivity index (χ3n) is 5.04. The van der Waals surface area contributed by atoms with Gasteiger partial charge in [-0.1, -0.05) is 36.7 Å². The molecular weight excluding hydrogens is 318 g/mol. The van der Waals surface area contributed by atoms with Crippen molar-refractivity contribution >= 4 is 31.7 Å². The quantitative estimate of drug-likeness (QED) is 0.794. The van der Waals surface area contributed by atoms with Gasteiger partial charge in [-0.3, -0.25) is 4.79 Å². The number of Topliss-reactive ketones (excluding diaryl/α,β-unsaturated/α-hetero) is 1. The van der Waals surface area contributed by atoms with E-state index in [4.69, 9.17) is 0 Å². The van der Waals surface area contributed by atoms with Crippen molar-refractivity contribution in [2.24, 2.45) is 16.7 Å². The van der Waals surface area contributed by atoms with Crippen molar-refractivity contribution in [2.75, 3.05) is 12.3 Å². The van der Waals surface area contributed by atoms with Gasteiger partial charge in [0, 0.05) is 12.0 Å². The summed E-state index contributed by atoms with van der Waals surface area (Å²) in [6.07, 6.45) is 1.73. The molecule has 1 N–H and O–H groups in total. The van der Waals surface area contributed by atoms with Crippen LogP contribution in [0.3, 0.4) is 0 Å². The predicted octanol–water partition coefficient (Wildman–Crippen LogP) is 1.69. The number of carbonyl (C=O) groups is 1. The minimum absolute atomic E-state index is 0.0445. The number of nitrogens with one attached hydrogen (secondary N) is 1. The van der Waals surface area contributed by atoms with Crippen LogP contribution < -0.4 is 4.72 Å². The number of ketones is 1. The van der Waals surface area contributed by atoms with E-state index >= 15 is 0 Å². The van der Waals surface area contributed by atoms with Crippen LogP contribution in [0.2, 0.25) is 0 Å². The van der Waals surface area contributed by atoms with Crippen molar-refractivity contribution in [2.45, 2.75) is 38.4 Å². The molecule has 0 unspecified atom stereocenters. The van der Waals surface area contributed by atoms with Gasteiger partial charge < -0.3 is 0 Å². The van der Waals surface area contributed by atoms with Gasteiger partial charge in [0.25, 0.3) is 0 Å². The summed E-state index contributed by atoms with van der Waals surface area (Å²) < 4.78 is 26.6. The molecule has 2 rings (SSSR count). The number of halogens is 1. The number of hydrogen-bond donors (Lipinski definition) is 1. The first-order valence-electron chi connectivity index (χ1n) is 6.34. The number of alkyl halides is 1. The summed E-state index contributed by atoms with van der Waals surface area (Å²) >= 11 is 3.45. The number of rotatable bonds is 4. The summed E-state index contributed by atoms with van der Waals surface area (Å²) in [5.41, 5.74) is -0.965. The predicted molar refractivity (Wildman–Crippen MR) is 74.1 cm³/mol. The molecule has 2 aliphatic carbocycles. The maximum absolute atomic E-state index is 12.3. The molecular formula is C12H20BrNO3S. The van der Waals surface area contributed by atoms with Gasteiger partial charge in [-0.05, 0) is 24.2 Å². The highest BCUT2D eigenvalue weighted by Crippen LogP contribution is 2.65. The van der Waals surface area contributed by atoms with E-state index in [-0.39, 0.29) is 22.3 Å². The van der Waals surface area contributed by atoms with Gasteiger partial charge >= 0.3 is 0 Å². The van der Waals surface area contributed by atoms with Crippen LogP contribution in [-0.2, 0) is 14.8 Å². The Labute approximate surface area is 117 Å². The first-order valence-corrected chi connectivity index (χ1v) is 8.90. The first kappa shape index (κ1) is 14.5. The summed E-state index contributed by atoms with van der Waals surface area (Å²) in [5, 5.41) is 0. The van der Waals surface area contributed by atoms with E-state index < -0.39 is 20.9 Å². The van der Waals surface area contributed by atoms with Crippen molar-refractivity contribution < 1.29 is 13.2 Å². The standard InChI is InChI=1S/C12H20BrNO3S/c1-4-14-18(16,17)7-12(3)8-5-6-11(12,2)10(15)9(8)13/h8-9,14H,4-7H2,1-3H3/t8-,9-,11-,12+/m1/s1. The molecule has 4 atom stereocenters. The zero-order valence-corrected chi connectivity index (χ0v) is 13.4. The van der Waals surface area contributed by atoms with Crippen LogP contribution in [0.4, 0.5) is 0 Å². The smallest absolute Gasteiger partial charge is 0.212 e. The number of hydrogen-bond acceptors (Lipinski definition) is 3. The van der Waals surface area contributed by atoms with Crippen molar-refractivity contribution in [3.63, 3.8) is 0 Å². The Hall–Kier alpha value is 0.0600. The molecule has 2 aliphatic rings.